The summed E-state index contributed by atoms with van der Waals surface area (Å²) in [4.78, 5) is 13.0. The number of fused-ring (bicyclic) bond motifs is 5. The summed E-state index contributed by atoms with van der Waals surface area (Å²) in [6.45, 7) is 20.8. The van der Waals surface area contributed by atoms with Gasteiger partial charge in [-0.3, -0.25) is 4.79 Å². The molecule has 10 atom stereocenters. The first-order chi connectivity index (χ1) is 20.9. The molecule has 0 saturated heterocycles. The van der Waals surface area contributed by atoms with Gasteiger partial charge in [-0.2, -0.15) is 0 Å². The summed E-state index contributed by atoms with van der Waals surface area (Å²) in [5, 5.41) is 24.0. The Labute approximate surface area is 277 Å². The molecule has 262 valence electrons. The molecule has 0 unspecified atom stereocenters. The summed E-state index contributed by atoms with van der Waals surface area (Å²) in [5.41, 5.74) is -0.863. The molecule has 0 bridgehead atoms. The van der Waals surface area contributed by atoms with E-state index in [0.717, 1.165) is 77.0 Å². The van der Waals surface area contributed by atoms with Gasteiger partial charge in [0.05, 0.1) is 17.3 Å². The third-order valence-electron chi connectivity index (χ3n) is 15.1. The van der Waals surface area contributed by atoms with E-state index in [1.807, 2.05) is 6.92 Å². The number of unbranched alkanes of at least 4 members (excludes halogenated alkanes) is 5. The summed E-state index contributed by atoms with van der Waals surface area (Å²) < 4.78 is 11.9. The lowest BCUT2D eigenvalue weighted by atomic mass is 9.35. The molecule has 4 fully saturated rings. The average molecular weight is 633 g/mol. The average Bonchev–Trinajstić information content (AvgIpc) is 3.34. The molecule has 4 aliphatic carbocycles. The number of carbonyl (C=O) groups excluding carboxylic acids is 1. The van der Waals surface area contributed by atoms with Gasteiger partial charge in [-0.1, -0.05) is 73.6 Å². The van der Waals surface area contributed by atoms with E-state index >= 15 is 0 Å². The lowest BCUT2D eigenvalue weighted by Crippen LogP contribution is -2.66. The van der Waals surface area contributed by atoms with E-state index < -0.39 is 11.7 Å². The molecule has 45 heavy (non-hydrogen) atoms. The van der Waals surface area contributed by atoms with Crippen molar-refractivity contribution < 1.29 is 24.5 Å². The number of ether oxygens (including phenoxy) is 2. The number of esters is 1. The zero-order valence-electron chi connectivity index (χ0n) is 31.1. The van der Waals surface area contributed by atoms with Crippen molar-refractivity contribution in [3.8, 4) is 0 Å². The van der Waals surface area contributed by atoms with E-state index in [-0.39, 0.29) is 51.2 Å². The maximum absolute atomic E-state index is 13.0. The van der Waals surface area contributed by atoms with Gasteiger partial charge in [-0.25, -0.2) is 0 Å². The number of rotatable bonds is 14. The first-order valence-corrected chi connectivity index (χ1v) is 19.0. The van der Waals surface area contributed by atoms with E-state index in [2.05, 4.69) is 55.4 Å². The van der Waals surface area contributed by atoms with Crippen molar-refractivity contribution in [2.24, 2.45) is 45.3 Å². The summed E-state index contributed by atoms with van der Waals surface area (Å²) in [5.74, 6) is 1.11. The fraction of sp³-hybridized carbons (Fsp3) is 0.975. The fourth-order valence-corrected chi connectivity index (χ4v) is 12.1. The Hall–Kier alpha value is -0.650. The van der Waals surface area contributed by atoms with Crippen molar-refractivity contribution in [3.05, 3.63) is 0 Å². The van der Waals surface area contributed by atoms with Crippen LogP contribution in [-0.4, -0.2) is 46.7 Å². The van der Waals surface area contributed by atoms with Gasteiger partial charge in [0.1, 0.15) is 6.10 Å². The van der Waals surface area contributed by atoms with E-state index in [0.29, 0.717) is 18.3 Å². The van der Waals surface area contributed by atoms with Crippen LogP contribution in [0.1, 0.15) is 171 Å². The second-order valence-corrected chi connectivity index (χ2v) is 18.5. The number of hydrogen-bond donors (Lipinski definition) is 2. The lowest BCUT2D eigenvalue weighted by Gasteiger charge is -2.70. The second-order valence-electron chi connectivity index (χ2n) is 18.5. The molecule has 0 aromatic carbocycles. The van der Waals surface area contributed by atoms with Gasteiger partial charge in [0.2, 0.25) is 0 Å². The maximum atomic E-state index is 13.0. The van der Waals surface area contributed by atoms with Crippen LogP contribution in [0, 0.1) is 45.3 Å². The molecule has 2 N–H and O–H groups in total. The molecule has 5 heteroatoms. The van der Waals surface area contributed by atoms with E-state index in [1.54, 1.807) is 7.11 Å². The summed E-state index contributed by atoms with van der Waals surface area (Å²) in [6, 6.07) is 0. The fourth-order valence-electron chi connectivity index (χ4n) is 12.1. The van der Waals surface area contributed by atoms with Crippen LogP contribution in [0.3, 0.4) is 0 Å². The monoisotopic (exact) mass is 633 g/mol. The minimum absolute atomic E-state index is 0.00560. The molecule has 0 aliphatic heterocycles. The Morgan fingerprint density at radius 1 is 0.822 bits per heavy atom. The zero-order valence-corrected chi connectivity index (χ0v) is 31.1. The number of carbonyl (C=O) groups is 1. The maximum Gasteiger partial charge on any atom is 0.306 e. The zero-order chi connectivity index (χ0) is 33.5. The van der Waals surface area contributed by atoms with Crippen molar-refractivity contribution in [2.45, 2.75) is 195 Å². The van der Waals surface area contributed by atoms with Gasteiger partial charge in [0.15, 0.2) is 0 Å². The van der Waals surface area contributed by atoms with Crippen LogP contribution in [0.5, 0.6) is 0 Å². The van der Waals surface area contributed by atoms with E-state index in [1.165, 1.54) is 25.7 Å². The minimum Gasteiger partial charge on any atom is -0.462 e. The minimum atomic E-state index is -0.795. The highest BCUT2D eigenvalue weighted by atomic mass is 16.5. The predicted octanol–water partition coefficient (Wildman–Crippen LogP) is 9.65. The first-order valence-electron chi connectivity index (χ1n) is 19.0. The standard InChI is InChI=1S/C40H72O5/c1-11-12-13-14-15-16-18-33(42)45-32-21-24-37(6)30(36(32,4)5)20-26-38(7)31(37)27-29(41)34-28(19-25-39(34,38)8)40(9,43)23-17-22-35(2,3)44-10/h28-32,34,41,43H,11-27H2,1-10H3/t28-,29+,30-,31+,32-,34-,37-,38+,39+,40+/m0/s1. The van der Waals surface area contributed by atoms with Gasteiger partial charge < -0.3 is 19.7 Å². The molecule has 4 rings (SSSR count). The number of hydrogen-bond acceptors (Lipinski definition) is 5. The quantitative estimate of drug-likeness (QED) is 0.147. The highest BCUT2D eigenvalue weighted by Crippen LogP contribution is 2.76. The van der Waals surface area contributed by atoms with Gasteiger partial charge in [0, 0.05) is 18.9 Å². The van der Waals surface area contributed by atoms with Crippen molar-refractivity contribution in [2.75, 3.05) is 7.11 Å². The van der Waals surface area contributed by atoms with Crippen LogP contribution in [0.15, 0.2) is 0 Å². The van der Waals surface area contributed by atoms with E-state index in [9.17, 15) is 15.0 Å². The summed E-state index contributed by atoms with van der Waals surface area (Å²) >= 11 is 0. The Kier molecular flexibility index (Phi) is 11.3. The van der Waals surface area contributed by atoms with Crippen LogP contribution in [-0.2, 0) is 14.3 Å². The molecule has 0 radical (unpaired) electrons. The topological polar surface area (TPSA) is 76.0 Å². The summed E-state index contributed by atoms with van der Waals surface area (Å²) in [6.07, 6.45) is 16.9. The van der Waals surface area contributed by atoms with Gasteiger partial charge in [-0.15, -0.1) is 0 Å². The van der Waals surface area contributed by atoms with Crippen LogP contribution in [0.4, 0.5) is 0 Å². The first kappa shape index (κ1) is 37.2. The van der Waals surface area contributed by atoms with Crippen molar-refractivity contribution in [1.29, 1.82) is 0 Å². The molecule has 5 nitrogen and oxygen atoms in total. The lowest BCUT2D eigenvalue weighted by molar-refractivity contribution is -0.249. The second kappa shape index (κ2) is 13.7. The van der Waals surface area contributed by atoms with Crippen molar-refractivity contribution in [1.82, 2.24) is 0 Å². The molecule has 0 spiro atoms. The van der Waals surface area contributed by atoms with Crippen molar-refractivity contribution in [3.63, 3.8) is 0 Å². The van der Waals surface area contributed by atoms with Gasteiger partial charge >= 0.3 is 5.97 Å². The molecule has 0 aromatic heterocycles. The molecule has 0 amide bonds. The SMILES string of the molecule is CCCCCCCCC(=O)O[C@H]1CC[C@]2(C)[C@H]3C[C@@H](O)[C@@H]4[C@@H]([C@](C)(O)CCCC(C)(C)OC)CC[C@@]4(C)[C@]3(C)CC[C@H]2C1(C)C. The molecule has 4 aliphatic rings. The van der Waals surface area contributed by atoms with Crippen LogP contribution < -0.4 is 0 Å². The number of aliphatic hydroxyl groups is 2. The molecule has 4 saturated carbocycles. The van der Waals surface area contributed by atoms with E-state index in [4.69, 9.17) is 9.47 Å². The van der Waals surface area contributed by atoms with Gasteiger partial charge in [-0.05, 0) is 131 Å². The van der Waals surface area contributed by atoms with Crippen LogP contribution in [0.25, 0.3) is 0 Å². The molecular weight excluding hydrogens is 560 g/mol. The normalized spacial score (nSPS) is 40.6. The summed E-state index contributed by atoms with van der Waals surface area (Å²) in [7, 11) is 1.77. The molecule has 0 aromatic rings. The molecular formula is C40H72O5. The largest absolute Gasteiger partial charge is 0.462 e. The third kappa shape index (κ3) is 6.94. The Balaban J connectivity index is 1.46. The van der Waals surface area contributed by atoms with Crippen LogP contribution in [0.2, 0.25) is 0 Å². The predicted molar refractivity (Wildman–Crippen MR) is 184 cm³/mol. The number of methoxy groups -OCH3 is 1. The molecule has 0 heterocycles. The van der Waals surface area contributed by atoms with Crippen molar-refractivity contribution >= 4 is 5.97 Å². The highest BCUT2D eigenvalue weighted by Gasteiger charge is 2.71. The van der Waals surface area contributed by atoms with Crippen LogP contribution >= 0.6 is 0 Å². The Bertz CT molecular complexity index is 1000. The Morgan fingerprint density at radius 3 is 2.13 bits per heavy atom. The number of aliphatic hydroxyl groups excluding tert-OH is 1. The Morgan fingerprint density at radius 2 is 1.47 bits per heavy atom. The third-order valence-corrected chi connectivity index (χ3v) is 15.1. The highest BCUT2D eigenvalue weighted by molar-refractivity contribution is 5.69. The smallest absolute Gasteiger partial charge is 0.306 e. The van der Waals surface area contributed by atoms with Gasteiger partial charge in [0.25, 0.3) is 0 Å².